The molecule has 1 saturated heterocycles. The van der Waals surface area contributed by atoms with Crippen LogP contribution in [0.5, 0.6) is 0 Å². The van der Waals surface area contributed by atoms with Crippen LogP contribution in [0.1, 0.15) is 13.8 Å². The molecule has 4 nitrogen and oxygen atoms in total. The van der Waals surface area contributed by atoms with Gasteiger partial charge in [-0.3, -0.25) is 0 Å². The normalized spacial score (nSPS) is 18.6. The van der Waals surface area contributed by atoms with Gasteiger partial charge in [0.25, 0.3) is 0 Å². The van der Waals surface area contributed by atoms with E-state index < -0.39 is 10.0 Å². The lowest BCUT2D eigenvalue weighted by Gasteiger charge is -2.28. The molecule has 1 heterocycles. The monoisotopic (exact) mass is 214 g/mol. The van der Waals surface area contributed by atoms with Crippen LogP contribution >= 0.6 is 12.4 Å². The van der Waals surface area contributed by atoms with E-state index in [-0.39, 0.29) is 23.7 Å². The summed E-state index contributed by atoms with van der Waals surface area (Å²) in [7, 11) is -3.05. The predicted molar refractivity (Wildman–Crippen MR) is 51.1 cm³/mol. The molecule has 0 aromatic heterocycles. The molecule has 6 heteroatoms. The molecule has 0 saturated carbocycles. The van der Waals surface area contributed by atoms with Crippen LogP contribution < -0.4 is 10.0 Å². The van der Waals surface area contributed by atoms with E-state index in [1.807, 2.05) is 0 Å². The number of hydrogen-bond donors (Lipinski definition) is 2. The lowest BCUT2D eigenvalue weighted by molar-refractivity contribution is 0.409. The van der Waals surface area contributed by atoms with Gasteiger partial charge in [0.1, 0.15) is 0 Å². The van der Waals surface area contributed by atoms with Gasteiger partial charge in [0.05, 0.1) is 5.25 Å². The van der Waals surface area contributed by atoms with Gasteiger partial charge < -0.3 is 5.32 Å². The zero-order valence-corrected chi connectivity index (χ0v) is 8.83. The number of halogens is 1. The molecular weight excluding hydrogens is 200 g/mol. The maximum atomic E-state index is 11.2. The second-order valence-corrected chi connectivity index (χ2v) is 5.34. The van der Waals surface area contributed by atoms with Gasteiger partial charge in [0.2, 0.25) is 10.0 Å². The molecule has 1 rings (SSSR count). The number of hydrogen-bond acceptors (Lipinski definition) is 3. The molecular formula is C6H15ClN2O2S. The van der Waals surface area contributed by atoms with Gasteiger partial charge in [-0.25, -0.2) is 13.1 Å². The van der Waals surface area contributed by atoms with Crippen molar-refractivity contribution >= 4 is 22.4 Å². The average molecular weight is 215 g/mol. The summed E-state index contributed by atoms with van der Waals surface area (Å²) >= 11 is 0. The van der Waals surface area contributed by atoms with Gasteiger partial charge in [0.15, 0.2) is 0 Å². The number of sulfonamides is 1. The molecule has 1 fully saturated rings. The minimum Gasteiger partial charge on any atom is -0.313 e. The van der Waals surface area contributed by atoms with E-state index >= 15 is 0 Å². The summed E-state index contributed by atoms with van der Waals surface area (Å²) in [5.74, 6) is 0. The smallest absolute Gasteiger partial charge is 0.214 e. The molecule has 1 aliphatic heterocycles. The Morgan fingerprint density at radius 3 is 2.17 bits per heavy atom. The molecule has 0 spiro atoms. The molecule has 2 N–H and O–H groups in total. The third kappa shape index (κ3) is 2.90. The first-order chi connectivity index (χ1) is 5.02. The molecule has 0 unspecified atom stereocenters. The van der Waals surface area contributed by atoms with Crippen molar-refractivity contribution in [2.75, 3.05) is 13.1 Å². The summed E-state index contributed by atoms with van der Waals surface area (Å²) in [5, 5.41) is 2.67. The van der Waals surface area contributed by atoms with E-state index in [0.717, 1.165) is 13.1 Å². The van der Waals surface area contributed by atoms with Gasteiger partial charge in [0, 0.05) is 19.1 Å². The van der Waals surface area contributed by atoms with Crippen LogP contribution in [0, 0.1) is 0 Å². The Hall–Kier alpha value is 0.160. The molecule has 0 bridgehead atoms. The van der Waals surface area contributed by atoms with Crippen LogP contribution in [-0.2, 0) is 10.0 Å². The van der Waals surface area contributed by atoms with Gasteiger partial charge in [-0.05, 0) is 13.8 Å². The van der Waals surface area contributed by atoms with Gasteiger partial charge in [-0.1, -0.05) is 0 Å². The predicted octanol–water partition coefficient (Wildman–Crippen LogP) is -0.292. The minimum atomic E-state index is -3.05. The van der Waals surface area contributed by atoms with Crippen molar-refractivity contribution in [3.05, 3.63) is 0 Å². The summed E-state index contributed by atoms with van der Waals surface area (Å²) < 4.78 is 25.0. The molecule has 0 aromatic rings. The molecule has 0 atom stereocenters. The van der Waals surface area contributed by atoms with E-state index in [1.54, 1.807) is 13.8 Å². The molecule has 0 radical (unpaired) electrons. The average Bonchev–Trinajstić information content (AvgIpc) is 1.79. The van der Waals surface area contributed by atoms with Crippen LogP contribution in [0.3, 0.4) is 0 Å². The zero-order chi connectivity index (χ0) is 8.48. The maximum absolute atomic E-state index is 11.2. The number of rotatable bonds is 3. The molecule has 1 aliphatic rings. The highest BCUT2D eigenvalue weighted by Crippen LogP contribution is 2.00. The first-order valence-electron chi connectivity index (χ1n) is 3.74. The van der Waals surface area contributed by atoms with Crippen molar-refractivity contribution in [2.24, 2.45) is 0 Å². The zero-order valence-electron chi connectivity index (χ0n) is 7.20. The van der Waals surface area contributed by atoms with Gasteiger partial charge in [-0.2, -0.15) is 0 Å². The van der Waals surface area contributed by atoms with Crippen LogP contribution in [0.25, 0.3) is 0 Å². The highest BCUT2D eigenvalue weighted by atomic mass is 35.5. The quantitative estimate of drug-likeness (QED) is 0.679. The van der Waals surface area contributed by atoms with E-state index in [1.165, 1.54) is 0 Å². The summed E-state index contributed by atoms with van der Waals surface area (Å²) in [6.45, 7) is 4.86. The van der Waals surface area contributed by atoms with Crippen LogP contribution in [0.2, 0.25) is 0 Å². The van der Waals surface area contributed by atoms with Crippen molar-refractivity contribution in [1.29, 1.82) is 0 Å². The van der Waals surface area contributed by atoms with Gasteiger partial charge in [-0.15, -0.1) is 12.4 Å². The van der Waals surface area contributed by atoms with E-state index in [9.17, 15) is 8.42 Å². The van der Waals surface area contributed by atoms with E-state index in [0.29, 0.717) is 0 Å². The number of nitrogens with one attached hydrogen (secondary N) is 2. The first-order valence-corrected chi connectivity index (χ1v) is 5.29. The Morgan fingerprint density at radius 2 is 1.92 bits per heavy atom. The summed E-state index contributed by atoms with van der Waals surface area (Å²) in [4.78, 5) is 0. The standard InChI is InChI=1S/C6H14N2O2S.ClH/c1-5(2)11(9,10)8-6-3-7-4-6;/h5-8H,3-4H2,1-2H3;1H. The lowest BCUT2D eigenvalue weighted by atomic mass is 10.2. The van der Waals surface area contributed by atoms with Crippen molar-refractivity contribution < 1.29 is 8.42 Å². The van der Waals surface area contributed by atoms with Crippen LogP contribution in [0.4, 0.5) is 0 Å². The molecule has 0 aliphatic carbocycles. The minimum absolute atomic E-state index is 0. The van der Waals surface area contributed by atoms with E-state index in [2.05, 4.69) is 10.0 Å². The van der Waals surface area contributed by atoms with E-state index in [4.69, 9.17) is 0 Å². The highest BCUT2D eigenvalue weighted by molar-refractivity contribution is 7.90. The Morgan fingerprint density at radius 1 is 1.42 bits per heavy atom. The first kappa shape index (κ1) is 12.2. The maximum Gasteiger partial charge on any atom is 0.214 e. The molecule has 0 aromatic carbocycles. The second kappa shape index (κ2) is 4.41. The van der Waals surface area contributed by atoms with Crippen molar-refractivity contribution in [2.45, 2.75) is 25.1 Å². The fourth-order valence-corrected chi connectivity index (χ4v) is 1.64. The molecule has 74 valence electrons. The Bertz CT molecular complexity index is 224. The summed E-state index contributed by atoms with van der Waals surface area (Å²) in [6, 6.07) is 0.113. The summed E-state index contributed by atoms with van der Waals surface area (Å²) in [6.07, 6.45) is 0. The SMILES string of the molecule is CC(C)S(=O)(=O)NC1CNC1.Cl. The van der Waals surface area contributed by atoms with Crippen LogP contribution in [-0.4, -0.2) is 32.8 Å². The fraction of sp³-hybridized carbons (Fsp3) is 1.00. The van der Waals surface area contributed by atoms with Gasteiger partial charge >= 0.3 is 0 Å². The Balaban J connectivity index is 0.00000121. The Kier molecular flexibility index (Phi) is 4.47. The molecule has 12 heavy (non-hydrogen) atoms. The largest absolute Gasteiger partial charge is 0.313 e. The summed E-state index contributed by atoms with van der Waals surface area (Å²) in [5.41, 5.74) is 0. The fourth-order valence-electron chi connectivity index (χ4n) is 0.740. The topological polar surface area (TPSA) is 58.2 Å². The third-order valence-corrected chi connectivity index (χ3v) is 3.64. The van der Waals surface area contributed by atoms with Crippen molar-refractivity contribution in [1.82, 2.24) is 10.0 Å². The second-order valence-electron chi connectivity index (χ2n) is 3.07. The molecule has 0 amide bonds. The Labute approximate surface area is 79.6 Å². The van der Waals surface area contributed by atoms with Crippen molar-refractivity contribution in [3.63, 3.8) is 0 Å². The third-order valence-electron chi connectivity index (χ3n) is 1.73. The van der Waals surface area contributed by atoms with Crippen LogP contribution in [0.15, 0.2) is 0 Å². The lowest BCUT2D eigenvalue weighted by Crippen LogP contribution is -2.57. The van der Waals surface area contributed by atoms with Crippen molar-refractivity contribution in [3.8, 4) is 0 Å². The highest BCUT2D eigenvalue weighted by Gasteiger charge is 2.24.